The molecule has 3 N–H and O–H groups in total. The lowest BCUT2D eigenvalue weighted by atomic mass is 10.2. The topological polar surface area (TPSA) is 53.6 Å². The van der Waals surface area contributed by atoms with Gasteiger partial charge in [-0.15, -0.1) is 0 Å². The summed E-state index contributed by atoms with van der Waals surface area (Å²) in [4.78, 5) is 6.43. The number of nitrogens with one attached hydrogen (secondary N) is 1. The van der Waals surface area contributed by atoms with Crippen LogP contribution in [0.3, 0.4) is 0 Å². The number of rotatable bonds is 2. The first-order valence-corrected chi connectivity index (χ1v) is 6.12. The molecule has 4 nitrogen and oxygen atoms in total. The molecule has 4 heteroatoms. The highest BCUT2D eigenvalue weighted by Crippen LogP contribution is 2.19. The van der Waals surface area contributed by atoms with E-state index in [1.54, 1.807) is 0 Å². The molecule has 0 spiro atoms. The lowest BCUT2D eigenvalue weighted by Gasteiger charge is -2.22. The average Bonchev–Trinajstić information content (AvgIpc) is 2.46. The van der Waals surface area contributed by atoms with Crippen molar-refractivity contribution in [1.29, 1.82) is 0 Å². The number of guanidine groups is 1. The smallest absolute Gasteiger partial charge is 0.217 e. The van der Waals surface area contributed by atoms with Crippen molar-refractivity contribution in [3.05, 3.63) is 60.2 Å². The molecule has 0 saturated carbocycles. The highest BCUT2D eigenvalue weighted by Gasteiger charge is 2.09. The van der Waals surface area contributed by atoms with Gasteiger partial charge in [0.15, 0.2) is 0 Å². The van der Waals surface area contributed by atoms with E-state index < -0.39 is 0 Å². The first-order chi connectivity index (χ1) is 9.22. The van der Waals surface area contributed by atoms with Crippen molar-refractivity contribution in [3.63, 3.8) is 0 Å². The Morgan fingerprint density at radius 2 is 1.68 bits per heavy atom. The van der Waals surface area contributed by atoms with Gasteiger partial charge in [-0.05, 0) is 30.7 Å². The predicted molar refractivity (Wildman–Crippen MR) is 80.4 cm³/mol. The number of para-hydroxylation sites is 2. The van der Waals surface area contributed by atoms with E-state index in [2.05, 4.69) is 23.4 Å². The number of nitrogens with two attached hydrogens (primary N) is 1. The Morgan fingerprint density at radius 1 is 1.05 bits per heavy atom. The van der Waals surface area contributed by atoms with E-state index in [0.29, 0.717) is 5.96 Å². The van der Waals surface area contributed by atoms with Crippen LogP contribution in [0.1, 0.15) is 5.56 Å². The van der Waals surface area contributed by atoms with Gasteiger partial charge in [-0.25, -0.2) is 10.8 Å². The number of anilines is 1. The van der Waals surface area contributed by atoms with E-state index in [1.807, 2.05) is 60.5 Å². The molecule has 0 aliphatic heterocycles. The molecule has 98 valence electrons. The molecule has 0 amide bonds. The van der Waals surface area contributed by atoms with Crippen molar-refractivity contribution < 1.29 is 0 Å². The average molecular weight is 254 g/mol. The van der Waals surface area contributed by atoms with Crippen LogP contribution in [-0.4, -0.2) is 13.0 Å². The molecule has 0 bridgehead atoms. The highest BCUT2D eigenvalue weighted by atomic mass is 15.4. The van der Waals surface area contributed by atoms with E-state index >= 15 is 0 Å². The summed E-state index contributed by atoms with van der Waals surface area (Å²) in [5.74, 6) is 6.18. The van der Waals surface area contributed by atoms with Gasteiger partial charge in [-0.2, -0.15) is 0 Å². The molecule has 0 aliphatic carbocycles. The molecule has 0 unspecified atom stereocenters. The second-order valence-corrected chi connectivity index (χ2v) is 4.26. The molecular formula is C15H18N4. The number of aliphatic imine (C=N–C) groups is 1. The molecule has 0 radical (unpaired) electrons. The molecule has 0 aliphatic rings. The minimum absolute atomic E-state index is 0.598. The third-order valence-electron chi connectivity index (χ3n) is 2.91. The molecular weight excluding hydrogens is 236 g/mol. The zero-order valence-electron chi connectivity index (χ0n) is 11.2. The molecule has 19 heavy (non-hydrogen) atoms. The fourth-order valence-corrected chi connectivity index (χ4v) is 1.88. The van der Waals surface area contributed by atoms with Gasteiger partial charge >= 0.3 is 0 Å². The SMILES string of the molecule is Cc1ccccc1N(C)C(=Nc1ccccc1)NN. The number of hydrogen-bond donors (Lipinski definition) is 2. The van der Waals surface area contributed by atoms with E-state index in [9.17, 15) is 0 Å². The number of hydrazine groups is 1. The van der Waals surface area contributed by atoms with E-state index in [0.717, 1.165) is 11.4 Å². The Balaban J connectivity index is 2.33. The summed E-state index contributed by atoms with van der Waals surface area (Å²) in [7, 11) is 1.93. The molecule has 0 atom stereocenters. The van der Waals surface area contributed by atoms with E-state index in [4.69, 9.17) is 5.84 Å². The Hall–Kier alpha value is -2.33. The number of nitrogens with zero attached hydrogens (tertiary/aromatic N) is 2. The maximum atomic E-state index is 5.59. The summed E-state index contributed by atoms with van der Waals surface area (Å²) in [5, 5.41) is 0. The van der Waals surface area contributed by atoms with Crippen LogP contribution in [0.15, 0.2) is 59.6 Å². The van der Waals surface area contributed by atoms with Gasteiger partial charge in [0.2, 0.25) is 5.96 Å². The van der Waals surface area contributed by atoms with E-state index in [-0.39, 0.29) is 0 Å². The standard InChI is InChI=1S/C15H18N4/c1-12-8-6-7-11-14(12)19(2)15(18-16)17-13-9-4-3-5-10-13/h3-11H,16H2,1-2H3,(H,17,18). The summed E-state index contributed by atoms with van der Waals surface area (Å²) in [6, 6.07) is 17.8. The monoisotopic (exact) mass is 254 g/mol. The Labute approximate surface area is 113 Å². The van der Waals surface area contributed by atoms with Crippen LogP contribution in [-0.2, 0) is 0 Å². The van der Waals surface area contributed by atoms with Crippen molar-refractivity contribution in [3.8, 4) is 0 Å². The van der Waals surface area contributed by atoms with Gasteiger partial charge in [0.25, 0.3) is 0 Å². The van der Waals surface area contributed by atoms with Crippen LogP contribution in [0, 0.1) is 6.92 Å². The molecule has 0 aromatic heterocycles. The third kappa shape index (κ3) is 3.11. The molecule has 2 aromatic rings. The van der Waals surface area contributed by atoms with Crippen LogP contribution in [0.4, 0.5) is 11.4 Å². The van der Waals surface area contributed by atoms with Gasteiger partial charge in [-0.3, -0.25) is 5.43 Å². The quantitative estimate of drug-likeness (QED) is 0.375. The van der Waals surface area contributed by atoms with Crippen LogP contribution in [0.2, 0.25) is 0 Å². The van der Waals surface area contributed by atoms with Crippen LogP contribution < -0.4 is 16.2 Å². The molecule has 0 heterocycles. The minimum Gasteiger partial charge on any atom is -0.314 e. The molecule has 2 aromatic carbocycles. The number of aryl methyl sites for hydroxylation is 1. The molecule has 0 saturated heterocycles. The Kier molecular flexibility index (Phi) is 4.15. The molecule has 0 fully saturated rings. The molecule has 2 rings (SSSR count). The third-order valence-corrected chi connectivity index (χ3v) is 2.91. The minimum atomic E-state index is 0.598. The Bertz CT molecular complexity index is 563. The maximum absolute atomic E-state index is 5.59. The summed E-state index contributed by atoms with van der Waals surface area (Å²) in [6.45, 7) is 2.06. The van der Waals surface area contributed by atoms with Crippen molar-refractivity contribution >= 4 is 17.3 Å². The first kappa shape index (κ1) is 13.1. The first-order valence-electron chi connectivity index (χ1n) is 6.12. The Morgan fingerprint density at radius 3 is 2.32 bits per heavy atom. The highest BCUT2D eigenvalue weighted by molar-refractivity contribution is 5.97. The zero-order valence-corrected chi connectivity index (χ0v) is 11.2. The zero-order chi connectivity index (χ0) is 13.7. The second kappa shape index (κ2) is 6.02. The number of hydrogen-bond acceptors (Lipinski definition) is 2. The lowest BCUT2D eigenvalue weighted by molar-refractivity contribution is 0.976. The maximum Gasteiger partial charge on any atom is 0.217 e. The summed E-state index contributed by atoms with van der Waals surface area (Å²) < 4.78 is 0. The summed E-state index contributed by atoms with van der Waals surface area (Å²) in [6.07, 6.45) is 0. The second-order valence-electron chi connectivity index (χ2n) is 4.26. The van der Waals surface area contributed by atoms with Gasteiger partial charge in [-0.1, -0.05) is 36.4 Å². The van der Waals surface area contributed by atoms with Gasteiger partial charge < -0.3 is 4.90 Å². The van der Waals surface area contributed by atoms with Crippen molar-refractivity contribution in [1.82, 2.24) is 5.43 Å². The van der Waals surface area contributed by atoms with Crippen LogP contribution in [0.5, 0.6) is 0 Å². The van der Waals surface area contributed by atoms with Gasteiger partial charge in [0.1, 0.15) is 0 Å². The van der Waals surface area contributed by atoms with Crippen molar-refractivity contribution in [2.24, 2.45) is 10.8 Å². The summed E-state index contributed by atoms with van der Waals surface area (Å²) in [5.41, 5.74) is 5.74. The number of benzene rings is 2. The summed E-state index contributed by atoms with van der Waals surface area (Å²) >= 11 is 0. The van der Waals surface area contributed by atoms with Gasteiger partial charge in [0, 0.05) is 12.7 Å². The fraction of sp³-hybridized carbons (Fsp3) is 0.133. The van der Waals surface area contributed by atoms with E-state index in [1.165, 1.54) is 5.56 Å². The lowest BCUT2D eigenvalue weighted by Crippen LogP contribution is -2.43. The normalized spacial score (nSPS) is 11.2. The van der Waals surface area contributed by atoms with Crippen LogP contribution >= 0.6 is 0 Å². The van der Waals surface area contributed by atoms with Gasteiger partial charge in [0.05, 0.1) is 5.69 Å². The largest absolute Gasteiger partial charge is 0.314 e. The predicted octanol–water partition coefficient (Wildman–Crippen LogP) is 2.58. The van der Waals surface area contributed by atoms with Crippen molar-refractivity contribution in [2.45, 2.75) is 6.92 Å². The fourth-order valence-electron chi connectivity index (χ4n) is 1.88. The van der Waals surface area contributed by atoms with Crippen molar-refractivity contribution in [2.75, 3.05) is 11.9 Å². The van der Waals surface area contributed by atoms with Crippen LogP contribution in [0.25, 0.3) is 0 Å².